The maximum atomic E-state index is 16.2. The number of nitrogens with one attached hydrogen (secondary N) is 2. The van der Waals surface area contributed by atoms with Crippen LogP contribution in [0, 0.1) is 11.6 Å². The highest BCUT2D eigenvalue weighted by Gasteiger charge is 2.50. The number of rotatable bonds is 10. The molecule has 4 aliphatic rings. The number of piperidine rings is 1. The summed E-state index contributed by atoms with van der Waals surface area (Å²) in [5.74, 6) is -2.75. The van der Waals surface area contributed by atoms with Gasteiger partial charge in [-0.25, -0.2) is 13.6 Å². The summed E-state index contributed by atoms with van der Waals surface area (Å²) in [6.07, 6.45) is 2.02. The Labute approximate surface area is 350 Å². The highest BCUT2D eigenvalue weighted by Crippen LogP contribution is 2.56. The Kier molecular flexibility index (Phi) is 10.2. The van der Waals surface area contributed by atoms with Gasteiger partial charge in [-0.3, -0.25) is 29.4 Å². The molecule has 5 aromatic rings. The zero-order valence-corrected chi connectivity index (χ0v) is 34.2. The molecule has 5 heterocycles. The lowest BCUT2D eigenvalue weighted by Crippen LogP contribution is -2.62. The summed E-state index contributed by atoms with van der Waals surface area (Å²) in [4.78, 5) is 43.5. The van der Waals surface area contributed by atoms with Crippen LogP contribution in [0.4, 0.5) is 25.1 Å². The Bertz CT molecular complexity index is 2540. The fourth-order valence-corrected chi connectivity index (χ4v) is 9.80. The van der Waals surface area contributed by atoms with Gasteiger partial charge in [0.1, 0.15) is 11.6 Å². The van der Waals surface area contributed by atoms with Crippen LogP contribution in [0.25, 0.3) is 22.0 Å². The van der Waals surface area contributed by atoms with Crippen molar-refractivity contribution in [3.63, 3.8) is 0 Å². The van der Waals surface area contributed by atoms with Gasteiger partial charge in [0.2, 0.25) is 11.8 Å². The third kappa shape index (κ3) is 6.50. The average Bonchev–Trinajstić information content (AvgIpc) is 3.71. The van der Waals surface area contributed by atoms with Crippen molar-refractivity contribution in [1.82, 2.24) is 25.3 Å². The number of carbonyl (C=O) groups is 3. The number of urea groups is 1. The molecule has 13 nitrogen and oxygen atoms in total. The Morgan fingerprint density at radius 3 is 2.50 bits per heavy atom. The molecule has 0 bridgehead atoms. The number of benzene rings is 4. The Morgan fingerprint density at radius 2 is 1.80 bits per heavy atom. The number of amides is 4. The quantitative estimate of drug-likeness (QED) is 0.153. The molecule has 0 saturated carbocycles. The second-order valence-corrected chi connectivity index (χ2v) is 16.4. The molecule has 1 aromatic heterocycles. The normalized spacial score (nSPS) is 21.2. The molecule has 312 valence electrons. The first-order valence-electron chi connectivity index (χ1n) is 20.1. The summed E-state index contributed by atoms with van der Waals surface area (Å²) < 4.78 is 45.8. The summed E-state index contributed by atoms with van der Waals surface area (Å²) in [6, 6.07) is 19.7. The van der Waals surface area contributed by atoms with Crippen molar-refractivity contribution in [1.29, 1.82) is 0 Å². The molecule has 0 radical (unpaired) electrons. The van der Waals surface area contributed by atoms with E-state index in [1.807, 2.05) is 61.1 Å². The second kappa shape index (κ2) is 15.4. The minimum absolute atomic E-state index is 0.0113. The number of halogens is 3. The van der Waals surface area contributed by atoms with Crippen molar-refractivity contribution in [3.05, 3.63) is 100 Å². The van der Waals surface area contributed by atoms with Gasteiger partial charge in [-0.1, -0.05) is 54.9 Å². The van der Waals surface area contributed by atoms with Gasteiger partial charge in [0.05, 0.1) is 28.9 Å². The summed E-state index contributed by atoms with van der Waals surface area (Å²) >= 11 is 6.69. The van der Waals surface area contributed by atoms with Gasteiger partial charge in [0, 0.05) is 98.9 Å². The molecule has 0 unspecified atom stereocenters. The smallest absolute Gasteiger partial charge is 0.329 e. The number of ether oxygens (including phenoxy) is 2. The van der Waals surface area contributed by atoms with Gasteiger partial charge in [0.15, 0.2) is 23.0 Å². The van der Waals surface area contributed by atoms with Crippen LogP contribution < -0.4 is 35.6 Å². The van der Waals surface area contributed by atoms with Gasteiger partial charge in [0.25, 0.3) is 0 Å². The summed E-state index contributed by atoms with van der Waals surface area (Å²) in [5, 5.41) is 11.4. The van der Waals surface area contributed by atoms with Crippen molar-refractivity contribution >= 4 is 51.9 Å². The van der Waals surface area contributed by atoms with E-state index in [1.165, 1.54) is 30.2 Å². The van der Waals surface area contributed by atoms with Gasteiger partial charge in [-0.2, -0.15) is 5.10 Å². The van der Waals surface area contributed by atoms with E-state index in [4.69, 9.17) is 31.9 Å². The predicted molar refractivity (Wildman–Crippen MR) is 224 cm³/mol. The molecule has 9 rings (SSSR count). The van der Waals surface area contributed by atoms with Gasteiger partial charge in [-0.15, -0.1) is 0 Å². The van der Waals surface area contributed by atoms with E-state index in [-0.39, 0.29) is 58.1 Å². The lowest BCUT2D eigenvalue weighted by Gasteiger charge is -2.49. The number of aromatic nitrogens is 2. The number of nitrogens with two attached hydrogens (primary N) is 1. The van der Waals surface area contributed by atoms with Crippen molar-refractivity contribution in [2.45, 2.75) is 49.8 Å². The van der Waals surface area contributed by atoms with Crippen LogP contribution in [0.3, 0.4) is 0 Å². The number of likely N-dealkylation sites (tertiary alicyclic amines) is 1. The van der Waals surface area contributed by atoms with Crippen molar-refractivity contribution in [3.8, 4) is 22.6 Å². The van der Waals surface area contributed by atoms with Crippen LogP contribution in [0.15, 0.2) is 66.7 Å². The standard InChI is InChI=1S/C44H45ClF2N8O5/c1-24-35-33(20-30(46)38(45)37(35)36-28(41(48)57)12-13-32(59-3)39(36)47)60-44(24,25-8-5-4-6-9-25)23-49-26-14-17-53(18-15-26)27-21-54(22-27)31-11-7-10-29-40(31)52(2)51-42(29)55-19-16-34(56)50-43(55)58/h4-13,20,24,26-27,49H,14-19,21-23H2,1-3H3,(H2,48,57)(H,50,56,58)/t24-,44-/m0/s1. The van der Waals surface area contributed by atoms with Crippen LogP contribution in [0.2, 0.25) is 5.02 Å². The number of primary amides is 1. The monoisotopic (exact) mass is 838 g/mol. The summed E-state index contributed by atoms with van der Waals surface area (Å²) in [7, 11) is 3.18. The molecule has 2 atom stereocenters. The SMILES string of the molecule is COc1ccc(C(N)=O)c(-c2c(Cl)c(F)cc3c2[C@H](C)[C@@](CNC2CCN(C4CN(c5cccc6c(N7CCC(=O)NC7=O)nn(C)c56)C4)CC2)(c2ccccc2)O3)c1F. The van der Waals surface area contributed by atoms with E-state index in [0.29, 0.717) is 24.0 Å². The molecule has 60 heavy (non-hydrogen) atoms. The molecule has 0 aliphatic carbocycles. The van der Waals surface area contributed by atoms with E-state index in [9.17, 15) is 14.4 Å². The molecular weight excluding hydrogens is 794 g/mol. The van der Waals surface area contributed by atoms with E-state index in [0.717, 1.165) is 61.2 Å². The fraction of sp³-hybridized carbons (Fsp3) is 0.364. The fourth-order valence-electron chi connectivity index (χ4n) is 9.54. The molecule has 16 heteroatoms. The van der Waals surface area contributed by atoms with Crippen LogP contribution in [-0.2, 0) is 17.4 Å². The van der Waals surface area contributed by atoms with Crippen LogP contribution in [0.1, 0.15) is 53.6 Å². The maximum Gasteiger partial charge on any atom is 0.329 e. The number of methoxy groups -OCH3 is 1. The van der Waals surface area contributed by atoms with E-state index >= 15 is 8.78 Å². The molecule has 4 aliphatic heterocycles. The van der Waals surface area contributed by atoms with Gasteiger partial charge >= 0.3 is 6.03 Å². The number of hydrogen-bond donors (Lipinski definition) is 3. The molecule has 0 spiro atoms. The zero-order chi connectivity index (χ0) is 42.0. The second-order valence-electron chi connectivity index (χ2n) is 16.0. The first-order valence-corrected chi connectivity index (χ1v) is 20.5. The van der Waals surface area contributed by atoms with Gasteiger partial charge in [-0.05, 0) is 42.7 Å². The lowest BCUT2D eigenvalue weighted by atomic mass is 9.77. The third-order valence-corrected chi connectivity index (χ3v) is 13.2. The van der Waals surface area contributed by atoms with Crippen LogP contribution in [-0.4, -0.2) is 91.0 Å². The molecule has 4 aromatic carbocycles. The number of imide groups is 1. The zero-order valence-electron chi connectivity index (χ0n) is 33.4. The maximum absolute atomic E-state index is 16.2. The number of carbonyl (C=O) groups excluding carboxylic acids is 3. The van der Waals surface area contributed by atoms with Crippen LogP contribution >= 0.6 is 11.6 Å². The van der Waals surface area contributed by atoms with E-state index in [2.05, 4.69) is 26.5 Å². The molecule has 4 amide bonds. The Morgan fingerprint density at radius 1 is 1.05 bits per heavy atom. The van der Waals surface area contributed by atoms with Crippen molar-refractivity contribution in [2.75, 3.05) is 56.2 Å². The number of fused-ring (bicyclic) bond motifs is 2. The van der Waals surface area contributed by atoms with E-state index < -0.39 is 35.1 Å². The number of para-hydroxylation sites is 1. The number of aryl methyl sites for hydroxylation is 1. The van der Waals surface area contributed by atoms with Gasteiger partial charge < -0.3 is 25.4 Å². The Hall–Kier alpha value is -5.77. The topological polar surface area (TPSA) is 147 Å². The summed E-state index contributed by atoms with van der Waals surface area (Å²) in [6.45, 7) is 6.08. The molecule has 3 saturated heterocycles. The molecule has 3 fully saturated rings. The minimum Gasteiger partial charge on any atom is -0.494 e. The number of nitrogens with zero attached hydrogens (tertiary/aromatic N) is 5. The predicted octanol–water partition coefficient (Wildman–Crippen LogP) is 6.06. The minimum atomic E-state index is -1.04. The largest absolute Gasteiger partial charge is 0.494 e. The van der Waals surface area contributed by atoms with Crippen molar-refractivity contribution < 1.29 is 32.6 Å². The molecule has 4 N–H and O–H groups in total. The lowest BCUT2D eigenvalue weighted by molar-refractivity contribution is -0.120. The van der Waals surface area contributed by atoms with Crippen molar-refractivity contribution in [2.24, 2.45) is 12.8 Å². The number of anilines is 2. The highest BCUT2D eigenvalue weighted by atomic mass is 35.5. The van der Waals surface area contributed by atoms with Crippen LogP contribution in [0.5, 0.6) is 11.5 Å². The number of hydrogen-bond acceptors (Lipinski definition) is 9. The first kappa shape index (κ1) is 39.7. The van der Waals surface area contributed by atoms with E-state index in [1.54, 1.807) is 0 Å². The average molecular weight is 839 g/mol. The molecular formula is C44H45ClF2N8O5. The Balaban J connectivity index is 0.909. The highest BCUT2D eigenvalue weighted by molar-refractivity contribution is 6.34. The summed E-state index contributed by atoms with van der Waals surface area (Å²) in [5.41, 5.74) is 7.63. The first-order chi connectivity index (χ1) is 28.9. The third-order valence-electron chi connectivity index (χ3n) is 12.8.